The topological polar surface area (TPSA) is 47.3 Å². The van der Waals surface area contributed by atoms with E-state index in [2.05, 4.69) is 21.4 Å². The lowest BCUT2D eigenvalue weighted by Crippen LogP contribution is -2.28. The zero-order chi connectivity index (χ0) is 14.8. The number of rotatable bonds is 5. The second kappa shape index (κ2) is 6.36. The highest BCUT2D eigenvalue weighted by atomic mass is 79.9. The summed E-state index contributed by atoms with van der Waals surface area (Å²) in [5.74, 6) is 6.64. The van der Waals surface area contributed by atoms with Gasteiger partial charge in [0.25, 0.3) is 0 Å². The van der Waals surface area contributed by atoms with E-state index in [-0.39, 0.29) is 6.04 Å². The van der Waals surface area contributed by atoms with Gasteiger partial charge in [0.2, 0.25) is 0 Å². The highest BCUT2D eigenvalue weighted by Gasteiger charge is 2.24. The van der Waals surface area contributed by atoms with Gasteiger partial charge < -0.3 is 4.74 Å². The fraction of sp³-hybridized carbons (Fsp3) is 0.250. The molecule has 0 aromatic heterocycles. The molecule has 0 amide bonds. The van der Waals surface area contributed by atoms with Crippen molar-refractivity contribution < 1.29 is 4.74 Å². The largest absolute Gasteiger partial charge is 0.490 e. The summed E-state index contributed by atoms with van der Waals surface area (Å²) in [5.41, 5.74) is 4.96. The highest BCUT2D eigenvalue weighted by molar-refractivity contribution is 9.10. The Balaban J connectivity index is 1.89. The quantitative estimate of drug-likeness (QED) is 0.615. The smallest absolute Gasteiger partial charge is 0.120 e. The van der Waals surface area contributed by atoms with Crippen LogP contribution in [0.5, 0.6) is 5.75 Å². The number of nitrogens with two attached hydrogens (primary N) is 1. The Labute approximate surface area is 137 Å². The molecule has 1 unspecified atom stereocenters. The summed E-state index contributed by atoms with van der Waals surface area (Å²) < 4.78 is 6.69. The van der Waals surface area contributed by atoms with Crippen molar-refractivity contribution in [2.24, 2.45) is 5.84 Å². The van der Waals surface area contributed by atoms with Crippen molar-refractivity contribution in [3.8, 4) is 5.75 Å². The molecular formula is C16H16BrClN2O. The van der Waals surface area contributed by atoms with Crippen molar-refractivity contribution in [1.29, 1.82) is 0 Å². The van der Waals surface area contributed by atoms with Crippen LogP contribution in [0.2, 0.25) is 5.02 Å². The molecule has 0 saturated heterocycles. The number of hydrogen-bond donors (Lipinski definition) is 2. The minimum Gasteiger partial charge on any atom is -0.490 e. The molecule has 2 aromatic carbocycles. The lowest BCUT2D eigenvalue weighted by Gasteiger charge is -2.18. The monoisotopic (exact) mass is 366 g/mol. The van der Waals surface area contributed by atoms with Crippen LogP contribution in [0.3, 0.4) is 0 Å². The van der Waals surface area contributed by atoms with Gasteiger partial charge in [-0.2, -0.15) is 0 Å². The second-order valence-electron chi connectivity index (χ2n) is 5.16. The minimum absolute atomic E-state index is 0.110. The molecule has 0 bridgehead atoms. The molecule has 1 fully saturated rings. The van der Waals surface area contributed by atoms with Gasteiger partial charge in [0, 0.05) is 4.47 Å². The molecule has 5 heteroatoms. The molecule has 3 rings (SSSR count). The van der Waals surface area contributed by atoms with Crippen LogP contribution in [-0.2, 0) is 0 Å². The Kier molecular flexibility index (Phi) is 4.50. The number of benzene rings is 2. The summed E-state index contributed by atoms with van der Waals surface area (Å²) in [6, 6.07) is 13.7. The predicted molar refractivity (Wildman–Crippen MR) is 88.4 cm³/mol. The Morgan fingerprint density at radius 3 is 2.62 bits per heavy atom. The fourth-order valence-corrected chi connectivity index (χ4v) is 2.74. The first kappa shape index (κ1) is 14.9. The van der Waals surface area contributed by atoms with E-state index >= 15 is 0 Å². The third kappa shape index (κ3) is 3.58. The van der Waals surface area contributed by atoms with Crippen molar-refractivity contribution in [3.05, 3.63) is 63.1 Å². The Bertz CT molecular complexity index is 646. The van der Waals surface area contributed by atoms with Gasteiger partial charge in [-0.1, -0.05) is 29.8 Å². The van der Waals surface area contributed by atoms with E-state index in [0.717, 1.165) is 34.2 Å². The third-order valence-electron chi connectivity index (χ3n) is 3.46. The molecule has 0 spiro atoms. The first-order valence-electron chi connectivity index (χ1n) is 6.85. The lowest BCUT2D eigenvalue weighted by atomic mass is 9.99. The van der Waals surface area contributed by atoms with E-state index in [1.165, 1.54) is 0 Å². The lowest BCUT2D eigenvalue weighted by molar-refractivity contribution is 0.302. The van der Waals surface area contributed by atoms with E-state index in [1.54, 1.807) is 0 Å². The third-order valence-corrected chi connectivity index (χ3v) is 4.68. The number of ether oxygens (including phenoxy) is 1. The Morgan fingerprint density at radius 2 is 1.95 bits per heavy atom. The highest BCUT2D eigenvalue weighted by Crippen LogP contribution is 2.32. The van der Waals surface area contributed by atoms with Crippen molar-refractivity contribution in [2.75, 3.05) is 0 Å². The van der Waals surface area contributed by atoms with E-state index < -0.39 is 0 Å². The molecule has 1 atom stereocenters. The van der Waals surface area contributed by atoms with Crippen molar-refractivity contribution in [3.63, 3.8) is 0 Å². The summed E-state index contributed by atoms with van der Waals surface area (Å²) in [6.45, 7) is 0. The second-order valence-corrected chi connectivity index (χ2v) is 6.42. The molecule has 1 aliphatic rings. The van der Waals surface area contributed by atoms with Crippen LogP contribution in [0.4, 0.5) is 0 Å². The molecule has 110 valence electrons. The first-order valence-corrected chi connectivity index (χ1v) is 8.02. The zero-order valence-electron chi connectivity index (χ0n) is 11.4. The van der Waals surface area contributed by atoms with E-state index in [4.69, 9.17) is 22.2 Å². The predicted octanol–water partition coefficient (Wildman–Crippen LogP) is 4.20. The van der Waals surface area contributed by atoms with Gasteiger partial charge in [-0.3, -0.25) is 5.84 Å². The number of nitrogens with one attached hydrogen (secondary N) is 1. The Hall–Kier alpha value is -1.07. The summed E-state index contributed by atoms with van der Waals surface area (Å²) >= 11 is 9.49. The maximum atomic E-state index is 6.05. The molecule has 21 heavy (non-hydrogen) atoms. The van der Waals surface area contributed by atoms with Gasteiger partial charge in [-0.05, 0) is 64.2 Å². The molecule has 2 aromatic rings. The molecule has 0 heterocycles. The van der Waals surface area contributed by atoms with Gasteiger partial charge in [0.1, 0.15) is 5.75 Å². The fourth-order valence-electron chi connectivity index (χ4n) is 2.22. The van der Waals surface area contributed by atoms with E-state index in [9.17, 15) is 0 Å². The maximum Gasteiger partial charge on any atom is 0.120 e. The summed E-state index contributed by atoms with van der Waals surface area (Å²) in [4.78, 5) is 0. The molecule has 0 radical (unpaired) electrons. The van der Waals surface area contributed by atoms with Crippen molar-refractivity contribution in [1.82, 2.24) is 5.43 Å². The van der Waals surface area contributed by atoms with Crippen LogP contribution in [0.15, 0.2) is 46.9 Å². The number of hydrogen-bond acceptors (Lipinski definition) is 3. The van der Waals surface area contributed by atoms with Gasteiger partial charge >= 0.3 is 0 Å². The van der Waals surface area contributed by atoms with Crippen LogP contribution in [0.25, 0.3) is 0 Å². The van der Waals surface area contributed by atoms with Crippen LogP contribution in [0, 0.1) is 0 Å². The van der Waals surface area contributed by atoms with E-state index in [1.807, 2.05) is 42.5 Å². The molecule has 1 saturated carbocycles. The Morgan fingerprint density at radius 1 is 1.19 bits per heavy atom. The molecular weight excluding hydrogens is 352 g/mol. The molecule has 0 aliphatic heterocycles. The number of hydrazine groups is 1. The van der Waals surface area contributed by atoms with Gasteiger partial charge in [0.05, 0.1) is 17.2 Å². The zero-order valence-corrected chi connectivity index (χ0v) is 13.7. The van der Waals surface area contributed by atoms with E-state index in [0.29, 0.717) is 11.1 Å². The summed E-state index contributed by atoms with van der Waals surface area (Å²) in [7, 11) is 0. The van der Waals surface area contributed by atoms with Gasteiger partial charge in [-0.15, -0.1) is 0 Å². The van der Waals surface area contributed by atoms with Gasteiger partial charge in [0.15, 0.2) is 0 Å². The summed E-state index contributed by atoms with van der Waals surface area (Å²) in [6.07, 6.45) is 2.68. The first-order chi connectivity index (χ1) is 10.2. The van der Waals surface area contributed by atoms with Crippen LogP contribution >= 0.6 is 27.5 Å². The SMILES string of the molecule is NNC(c1cccc(OC2CC2)c1)c1ccc(Cl)c(Br)c1. The van der Waals surface area contributed by atoms with Crippen LogP contribution < -0.4 is 16.0 Å². The summed E-state index contributed by atoms with van der Waals surface area (Å²) in [5, 5.41) is 0.681. The van der Waals surface area contributed by atoms with Crippen molar-refractivity contribution in [2.45, 2.75) is 25.0 Å². The number of halogens is 2. The normalized spacial score (nSPS) is 15.8. The molecule has 1 aliphatic carbocycles. The van der Waals surface area contributed by atoms with Crippen LogP contribution in [0.1, 0.15) is 30.0 Å². The average Bonchev–Trinajstić information content (AvgIpc) is 3.28. The van der Waals surface area contributed by atoms with Gasteiger partial charge in [-0.25, -0.2) is 5.43 Å². The minimum atomic E-state index is -0.110. The maximum absolute atomic E-state index is 6.05. The van der Waals surface area contributed by atoms with Crippen molar-refractivity contribution >= 4 is 27.5 Å². The standard InChI is InChI=1S/C16H16BrClN2O/c17-14-9-11(4-7-15(14)18)16(20-19)10-2-1-3-13(8-10)21-12-5-6-12/h1-4,7-9,12,16,20H,5-6,19H2. The average molecular weight is 368 g/mol. The van der Waals surface area contributed by atoms with Crippen LogP contribution in [-0.4, -0.2) is 6.10 Å². The molecule has 3 N–H and O–H groups in total. The molecule has 3 nitrogen and oxygen atoms in total.